The molecule has 0 aliphatic heterocycles. The van der Waals surface area contributed by atoms with E-state index in [2.05, 4.69) is 30.3 Å². The minimum absolute atomic E-state index is 0.647. The minimum Gasteiger partial charge on any atom is -0.193 e. The van der Waals surface area contributed by atoms with E-state index in [1.165, 1.54) is 69.8 Å². The molecular formula is C24H30N2. The number of nitriles is 2. The van der Waals surface area contributed by atoms with Crippen molar-refractivity contribution in [3.05, 3.63) is 47.5 Å². The zero-order valence-corrected chi connectivity index (χ0v) is 15.7. The molecule has 2 saturated carbocycles. The van der Waals surface area contributed by atoms with Crippen LogP contribution in [0, 0.1) is 40.4 Å². The van der Waals surface area contributed by atoms with Crippen LogP contribution < -0.4 is 0 Å². The lowest BCUT2D eigenvalue weighted by molar-refractivity contribution is 0.246. The van der Waals surface area contributed by atoms with Crippen LogP contribution in [0.2, 0.25) is 0 Å². The monoisotopic (exact) mass is 346 g/mol. The summed E-state index contributed by atoms with van der Waals surface area (Å²) >= 11 is 0. The van der Waals surface area contributed by atoms with E-state index in [1.807, 2.05) is 12.1 Å². The van der Waals surface area contributed by atoms with E-state index < -0.39 is 0 Å². The van der Waals surface area contributed by atoms with E-state index in [-0.39, 0.29) is 0 Å². The van der Waals surface area contributed by atoms with E-state index in [1.54, 1.807) is 6.08 Å². The maximum Gasteiger partial charge on any atom is 0.0991 e. The fourth-order valence-corrected chi connectivity index (χ4v) is 4.93. The summed E-state index contributed by atoms with van der Waals surface area (Å²) in [6, 6.07) is 12.6. The summed E-state index contributed by atoms with van der Waals surface area (Å²) in [6.07, 6.45) is 17.2. The predicted molar refractivity (Wildman–Crippen MR) is 105 cm³/mol. The van der Waals surface area contributed by atoms with Gasteiger partial charge in [0.15, 0.2) is 0 Å². The molecule has 2 aliphatic rings. The maximum absolute atomic E-state index is 8.93. The molecule has 0 N–H and O–H groups in total. The molecule has 3 rings (SSSR count). The number of benzene rings is 1. The van der Waals surface area contributed by atoms with E-state index in [4.69, 9.17) is 10.5 Å². The Morgan fingerprint density at radius 3 is 1.92 bits per heavy atom. The molecule has 136 valence electrons. The van der Waals surface area contributed by atoms with Crippen molar-refractivity contribution in [3.63, 3.8) is 0 Å². The second-order valence-electron chi connectivity index (χ2n) is 8.30. The highest BCUT2D eigenvalue weighted by atomic mass is 14.3. The highest BCUT2D eigenvalue weighted by Crippen LogP contribution is 2.39. The largest absolute Gasteiger partial charge is 0.193 e. The van der Waals surface area contributed by atoms with Crippen LogP contribution in [0.5, 0.6) is 0 Å². The first-order chi connectivity index (χ1) is 12.8. The van der Waals surface area contributed by atoms with Gasteiger partial charge in [0, 0.05) is 6.08 Å². The van der Waals surface area contributed by atoms with Crippen molar-refractivity contribution in [3.8, 4) is 12.1 Å². The molecule has 0 amide bonds. The fourth-order valence-electron chi connectivity index (χ4n) is 4.93. The molecular weight excluding hydrogens is 316 g/mol. The summed E-state index contributed by atoms with van der Waals surface area (Å²) in [5, 5.41) is 17.6. The Balaban J connectivity index is 1.36. The van der Waals surface area contributed by atoms with Gasteiger partial charge in [0.2, 0.25) is 0 Å². The van der Waals surface area contributed by atoms with Crippen molar-refractivity contribution < 1.29 is 0 Å². The van der Waals surface area contributed by atoms with Gasteiger partial charge in [-0.2, -0.15) is 10.5 Å². The van der Waals surface area contributed by atoms with Gasteiger partial charge in [-0.15, -0.1) is 0 Å². The summed E-state index contributed by atoms with van der Waals surface area (Å²) in [5.41, 5.74) is 2.19. The predicted octanol–water partition coefficient (Wildman–Crippen LogP) is 6.50. The van der Waals surface area contributed by atoms with Crippen molar-refractivity contribution in [1.29, 1.82) is 10.5 Å². The van der Waals surface area contributed by atoms with Crippen LogP contribution in [-0.4, -0.2) is 0 Å². The SMILES string of the molecule is N#CC=CC1CCC(CCC2CCC(c3ccc(C#N)cc3)CC2)CC1. The average Bonchev–Trinajstić information content (AvgIpc) is 2.72. The quantitative estimate of drug-likeness (QED) is 0.571. The molecule has 0 saturated heterocycles. The van der Waals surface area contributed by atoms with Crippen molar-refractivity contribution in [2.24, 2.45) is 17.8 Å². The highest BCUT2D eigenvalue weighted by molar-refractivity contribution is 5.33. The molecule has 0 radical (unpaired) electrons. The lowest BCUT2D eigenvalue weighted by Gasteiger charge is -2.31. The summed E-state index contributed by atoms with van der Waals surface area (Å²) in [6.45, 7) is 0. The molecule has 1 aromatic carbocycles. The first-order valence-electron chi connectivity index (χ1n) is 10.3. The topological polar surface area (TPSA) is 47.6 Å². The van der Waals surface area contributed by atoms with Crippen LogP contribution in [0.3, 0.4) is 0 Å². The number of rotatable bonds is 5. The second kappa shape index (κ2) is 9.59. The molecule has 2 fully saturated rings. The third-order valence-electron chi connectivity index (χ3n) is 6.68. The Morgan fingerprint density at radius 1 is 0.808 bits per heavy atom. The molecule has 2 nitrogen and oxygen atoms in total. The fraction of sp³-hybridized carbons (Fsp3) is 0.583. The number of hydrogen-bond donors (Lipinski definition) is 0. The highest BCUT2D eigenvalue weighted by Gasteiger charge is 2.24. The first kappa shape index (κ1) is 18.7. The molecule has 0 heterocycles. The van der Waals surface area contributed by atoms with Gasteiger partial charge in [-0.1, -0.05) is 31.1 Å². The van der Waals surface area contributed by atoms with E-state index >= 15 is 0 Å². The number of allylic oxidation sites excluding steroid dienone is 2. The Bertz CT molecular complexity index is 658. The van der Waals surface area contributed by atoms with Gasteiger partial charge in [0.25, 0.3) is 0 Å². The summed E-state index contributed by atoms with van der Waals surface area (Å²) in [4.78, 5) is 0. The second-order valence-corrected chi connectivity index (χ2v) is 8.30. The van der Waals surface area contributed by atoms with Crippen LogP contribution in [-0.2, 0) is 0 Å². The molecule has 0 aromatic heterocycles. The molecule has 2 heteroatoms. The van der Waals surface area contributed by atoms with Crippen molar-refractivity contribution in [2.45, 2.75) is 70.1 Å². The van der Waals surface area contributed by atoms with E-state index in [0.717, 1.165) is 17.4 Å². The number of nitrogens with zero attached hydrogens (tertiary/aromatic N) is 2. The molecule has 0 atom stereocenters. The summed E-state index contributed by atoms with van der Waals surface area (Å²) in [7, 11) is 0. The molecule has 0 spiro atoms. The standard InChI is InChI=1S/C24H30N2/c25-17-1-2-19-3-5-20(6-4-19)7-8-21-9-13-23(14-10-21)24-15-11-22(18-26)12-16-24/h1-2,11-12,15-16,19-21,23H,3-10,13-14H2. The lowest BCUT2D eigenvalue weighted by Crippen LogP contribution is -2.17. The Kier molecular flexibility index (Phi) is 6.90. The van der Waals surface area contributed by atoms with Gasteiger partial charge in [-0.25, -0.2) is 0 Å². The lowest BCUT2D eigenvalue weighted by atomic mass is 9.74. The van der Waals surface area contributed by atoms with Crippen LogP contribution >= 0.6 is 0 Å². The van der Waals surface area contributed by atoms with Crippen molar-refractivity contribution >= 4 is 0 Å². The first-order valence-corrected chi connectivity index (χ1v) is 10.3. The third-order valence-corrected chi connectivity index (χ3v) is 6.68. The summed E-state index contributed by atoms with van der Waals surface area (Å²) < 4.78 is 0. The van der Waals surface area contributed by atoms with Crippen LogP contribution in [0.25, 0.3) is 0 Å². The van der Waals surface area contributed by atoms with Gasteiger partial charge >= 0.3 is 0 Å². The zero-order valence-electron chi connectivity index (χ0n) is 15.7. The van der Waals surface area contributed by atoms with Gasteiger partial charge in [0.1, 0.15) is 0 Å². The molecule has 26 heavy (non-hydrogen) atoms. The van der Waals surface area contributed by atoms with Crippen molar-refractivity contribution in [2.75, 3.05) is 0 Å². The van der Waals surface area contributed by atoms with Crippen molar-refractivity contribution in [1.82, 2.24) is 0 Å². The normalized spacial score (nSPS) is 29.2. The molecule has 0 bridgehead atoms. The van der Waals surface area contributed by atoms with Gasteiger partial charge in [-0.3, -0.25) is 0 Å². The summed E-state index contributed by atoms with van der Waals surface area (Å²) in [5.74, 6) is 3.17. The van der Waals surface area contributed by atoms with Crippen LogP contribution in [0.15, 0.2) is 36.4 Å². The smallest absolute Gasteiger partial charge is 0.0991 e. The van der Waals surface area contributed by atoms with Gasteiger partial charge in [0.05, 0.1) is 17.7 Å². The maximum atomic E-state index is 8.93. The Labute approximate surface area is 158 Å². The molecule has 2 aliphatic carbocycles. The van der Waals surface area contributed by atoms with E-state index in [9.17, 15) is 0 Å². The molecule has 1 aromatic rings. The van der Waals surface area contributed by atoms with Gasteiger partial charge < -0.3 is 0 Å². The Morgan fingerprint density at radius 2 is 1.38 bits per heavy atom. The third kappa shape index (κ3) is 5.22. The van der Waals surface area contributed by atoms with E-state index in [0.29, 0.717) is 11.8 Å². The van der Waals surface area contributed by atoms with Crippen LogP contribution in [0.1, 0.15) is 81.3 Å². The van der Waals surface area contributed by atoms with Gasteiger partial charge in [-0.05, 0) is 92.7 Å². The Hall–Kier alpha value is -2.06. The molecule has 0 unspecified atom stereocenters. The average molecular weight is 347 g/mol. The van der Waals surface area contributed by atoms with Crippen LogP contribution in [0.4, 0.5) is 0 Å². The number of hydrogen-bond acceptors (Lipinski definition) is 2. The minimum atomic E-state index is 0.647. The zero-order chi connectivity index (χ0) is 18.2.